The van der Waals surface area contributed by atoms with Gasteiger partial charge in [0.25, 0.3) is 0 Å². The Hall–Kier alpha value is -2.03. The zero-order valence-corrected chi connectivity index (χ0v) is 19.1. The first-order valence-corrected chi connectivity index (χ1v) is 9.55. The Morgan fingerprint density at radius 2 is 1.24 bits per heavy atom. The van der Waals surface area contributed by atoms with Crippen LogP contribution in [0.5, 0.6) is 0 Å². The minimum absolute atomic E-state index is 0.0901. The largest absolute Gasteiger partial charge is 0.519 e. The van der Waals surface area contributed by atoms with E-state index in [-0.39, 0.29) is 12.0 Å². The second-order valence-electron chi connectivity index (χ2n) is 10.2. The van der Waals surface area contributed by atoms with Gasteiger partial charge < -0.3 is 29.3 Å². The van der Waals surface area contributed by atoms with Gasteiger partial charge in [0, 0.05) is 17.5 Å². The predicted octanol–water partition coefficient (Wildman–Crippen LogP) is 4.41. The van der Waals surface area contributed by atoms with Crippen molar-refractivity contribution in [2.75, 3.05) is 13.2 Å². The van der Waals surface area contributed by atoms with Crippen LogP contribution in [0.25, 0.3) is 0 Å². The SMILES string of the molecule is CC(C)(C)N(CC1(CO)CC1)C(=O)O.CC(C)(C)OC(=O)OC(=O)OC(C)(C)C. The second kappa shape index (κ2) is 9.65. The minimum atomic E-state index is -1.06. The van der Waals surface area contributed by atoms with Gasteiger partial charge in [0.1, 0.15) is 11.2 Å². The number of amides is 1. The van der Waals surface area contributed by atoms with Crippen LogP contribution in [0, 0.1) is 5.41 Å². The van der Waals surface area contributed by atoms with Crippen molar-refractivity contribution in [3.05, 3.63) is 0 Å². The molecule has 9 nitrogen and oxygen atoms in total. The molecule has 0 radical (unpaired) electrons. The van der Waals surface area contributed by atoms with Gasteiger partial charge in [-0.1, -0.05) is 0 Å². The van der Waals surface area contributed by atoms with Gasteiger partial charge in [-0.2, -0.15) is 0 Å². The van der Waals surface area contributed by atoms with E-state index in [2.05, 4.69) is 4.74 Å². The highest BCUT2D eigenvalue weighted by atomic mass is 16.8. The van der Waals surface area contributed by atoms with Crippen molar-refractivity contribution in [2.24, 2.45) is 5.41 Å². The molecule has 2 N–H and O–H groups in total. The number of hydrogen-bond donors (Lipinski definition) is 2. The van der Waals surface area contributed by atoms with Crippen molar-refractivity contribution in [2.45, 2.75) is 91.9 Å². The van der Waals surface area contributed by atoms with Crippen molar-refractivity contribution >= 4 is 18.4 Å². The lowest BCUT2D eigenvalue weighted by Crippen LogP contribution is -2.48. The lowest BCUT2D eigenvalue weighted by molar-refractivity contribution is -0.0294. The van der Waals surface area contributed by atoms with Gasteiger partial charge in [0.05, 0.1) is 6.61 Å². The smallest absolute Gasteiger partial charge is 0.465 e. The molecular weight excluding hydrogens is 382 g/mol. The summed E-state index contributed by atoms with van der Waals surface area (Å²) in [7, 11) is 0. The Bertz CT molecular complexity index is 551. The summed E-state index contributed by atoms with van der Waals surface area (Å²) in [6.07, 6.45) is -1.15. The van der Waals surface area contributed by atoms with E-state index in [4.69, 9.17) is 19.7 Å². The van der Waals surface area contributed by atoms with Crippen molar-refractivity contribution in [3.63, 3.8) is 0 Å². The third kappa shape index (κ3) is 12.2. The number of hydrogen-bond acceptors (Lipinski definition) is 7. The number of ether oxygens (including phenoxy) is 3. The molecule has 0 heterocycles. The van der Waals surface area contributed by atoms with Crippen LogP contribution in [0.4, 0.5) is 14.4 Å². The van der Waals surface area contributed by atoms with E-state index in [1.54, 1.807) is 41.5 Å². The van der Waals surface area contributed by atoms with Crippen molar-refractivity contribution in [1.29, 1.82) is 0 Å². The molecule has 1 rings (SSSR count). The van der Waals surface area contributed by atoms with Gasteiger partial charge in [-0.15, -0.1) is 0 Å². The van der Waals surface area contributed by atoms with Crippen LogP contribution < -0.4 is 0 Å². The summed E-state index contributed by atoms with van der Waals surface area (Å²) in [4.78, 5) is 34.4. The average molecular weight is 420 g/mol. The Kier molecular flexibility index (Phi) is 8.97. The van der Waals surface area contributed by atoms with Gasteiger partial charge in [-0.05, 0) is 75.2 Å². The Balaban J connectivity index is 0.000000541. The molecule has 0 saturated heterocycles. The fourth-order valence-corrected chi connectivity index (χ4v) is 2.08. The summed E-state index contributed by atoms with van der Waals surface area (Å²) in [5.41, 5.74) is -1.93. The quantitative estimate of drug-likeness (QED) is 0.509. The fourth-order valence-electron chi connectivity index (χ4n) is 2.08. The van der Waals surface area contributed by atoms with Crippen molar-refractivity contribution in [3.8, 4) is 0 Å². The van der Waals surface area contributed by atoms with Crippen LogP contribution in [0.2, 0.25) is 0 Å². The summed E-state index contributed by atoms with van der Waals surface area (Å²) in [6.45, 7) is 16.2. The van der Waals surface area contributed by atoms with Gasteiger partial charge in [0.15, 0.2) is 0 Å². The van der Waals surface area contributed by atoms with Crippen molar-refractivity contribution in [1.82, 2.24) is 4.90 Å². The van der Waals surface area contributed by atoms with E-state index >= 15 is 0 Å². The first kappa shape index (κ1) is 27.0. The van der Waals surface area contributed by atoms with Gasteiger partial charge in [0.2, 0.25) is 0 Å². The summed E-state index contributed by atoms with van der Waals surface area (Å²) < 4.78 is 13.8. The number of aliphatic hydroxyl groups excluding tert-OH is 1. The van der Waals surface area contributed by atoms with Crippen LogP contribution in [0.1, 0.15) is 75.2 Å². The van der Waals surface area contributed by atoms with Crippen LogP contribution in [-0.2, 0) is 14.2 Å². The van der Waals surface area contributed by atoms with Gasteiger partial charge in [-0.25, -0.2) is 14.4 Å². The Labute approximate surface area is 173 Å². The molecule has 1 aliphatic carbocycles. The third-order valence-corrected chi connectivity index (χ3v) is 3.77. The highest BCUT2D eigenvalue weighted by molar-refractivity contribution is 5.77. The van der Waals surface area contributed by atoms with Crippen LogP contribution in [0.15, 0.2) is 0 Å². The van der Waals surface area contributed by atoms with Crippen LogP contribution in [0.3, 0.4) is 0 Å². The van der Waals surface area contributed by atoms with Gasteiger partial charge >= 0.3 is 18.4 Å². The van der Waals surface area contributed by atoms with E-state index < -0.39 is 35.1 Å². The molecule has 9 heteroatoms. The molecule has 170 valence electrons. The van der Waals surface area contributed by atoms with E-state index in [1.165, 1.54) is 4.90 Å². The highest BCUT2D eigenvalue weighted by Crippen LogP contribution is 2.46. The molecule has 1 saturated carbocycles. The Morgan fingerprint density at radius 1 is 0.862 bits per heavy atom. The molecule has 0 aliphatic heterocycles. The fraction of sp³-hybridized carbons (Fsp3) is 0.850. The first-order valence-electron chi connectivity index (χ1n) is 9.55. The lowest BCUT2D eigenvalue weighted by Gasteiger charge is -2.35. The molecule has 0 aromatic carbocycles. The van der Waals surface area contributed by atoms with Gasteiger partial charge in [-0.3, -0.25) is 0 Å². The summed E-state index contributed by atoms with van der Waals surface area (Å²) in [5.74, 6) is 0. The molecule has 0 aromatic heterocycles. The molecule has 0 spiro atoms. The molecule has 0 aromatic rings. The molecule has 29 heavy (non-hydrogen) atoms. The maximum Gasteiger partial charge on any atom is 0.519 e. The molecule has 1 fully saturated rings. The summed E-state index contributed by atoms with van der Waals surface area (Å²) >= 11 is 0. The standard InChI is InChI=1S/C10H19NO3.C10H18O5/c1-9(2,3)11(8(13)14)6-10(7-12)4-5-10;1-9(2,3)14-7(11)13-8(12)15-10(4,5)6/h12H,4-7H2,1-3H3,(H,13,14);1-6H3. The molecule has 1 aliphatic rings. The topological polar surface area (TPSA) is 123 Å². The Morgan fingerprint density at radius 3 is 1.45 bits per heavy atom. The zero-order chi connectivity index (χ0) is 23.3. The van der Waals surface area contributed by atoms with E-state index in [0.717, 1.165) is 12.8 Å². The zero-order valence-electron chi connectivity index (χ0n) is 19.1. The highest BCUT2D eigenvalue weighted by Gasteiger charge is 2.46. The van der Waals surface area contributed by atoms with Crippen LogP contribution >= 0.6 is 0 Å². The number of carbonyl (C=O) groups is 3. The molecule has 0 bridgehead atoms. The lowest BCUT2D eigenvalue weighted by atomic mass is 10.0. The van der Waals surface area contributed by atoms with Crippen molar-refractivity contribution < 1.29 is 38.8 Å². The molecule has 0 atom stereocenters. The monoisotopic (exact) mass is 419 g/mol. The van der Waals surface area contributed by atoms with Crippen LogP contribution in [-0.4, -0.2) is 63.4 Å². The first-order chi connectivity index (χ1) is 12.8. The number of nitrogens with zero attached hydrogens (tertiary/aromatic N) is 1. The third-order valence-electron chi connectivity index (χ3n) is 3.77. The molecule has 0 unspecified atom stereocenters. The normalized spacial score (nSPS) is 15.4. The minimum Gasteiger partial charge on any atom is -0.465 e. The number of aliphatic hydroxyl groups is 1. The predicted molar refractivity (Wildman–Crippen MR) is 107 cm³/mol. The maximum absolute atomic E-state index is 11.0. The maximum atomic E-state index is 11.0. The number of carboxylic acid groups (broad SMARTS) is 1. The number of carbonyl (C=O) groups excluding carboxylic acids is 2. The van der Waals surface area contributed by atoms with E-state index in [0.29, 0.717) is 6.54 Å². The van der Waals surface area contributed by atoms with E-state index in [9.17, 15) is 14.4 Å². The number of rotatable bonds is 3. The average Bonchev–Trinajstić information content (AvgIpc) is 3.19. The van der Waals surface area contributed by atoms with E-state index in [1.807, 2.05) is 20.8 Å². The summed E-state index contributed by atoms with van der Waals surface area (Å²) in [5, 5.41) is 18.2. The second-order valence-corrected chi connectivity index (χ2v) is 10.2. The molecular formula is C20H37NO8. The molecule has 1 amide bonds. The summed E-state index contributed by atoms with van der Waals surface area (Å²) in [6, 6.07) is 0.